The molecule has 0 aliphatic carbocycles. The molecule has 0 saturated carbocycles. The van der Waals surface area contributed by atoms with Gasteiger partial charge in [0.2, 0.25) is 0 Å². The van der Waals surface area contributed by atoms with Crippen molar-refractivity contribution in [3.8, 4) is 0 Å². The summed E-state index contributed by atoms with van der Waals surface area (Å²) in [4.78, 5) is 0. The highest BCUT2D eigenvalue weighted by molar-refractivity contribution is 7.80. The van der Waals surface area contributed by atoms with Crippen LogP contribution in [0.5, 0.6) is 0 Å². The SMILES string of the molecule is C=C(C)C(O)NCCS. The molecule has 9 heavy (non-hydrogen) atoms. The number of hydrogen-bond acceptors (Lipinski definition) is 3. The number of thiol groups is 1. The normalized spacial score (nSPS) is 13.2. The van der Waals surface area contributed by atoms with Crippen LogP contribution in [0.3, 0.4) is 0 Å². The highest BCUT2D eigenvalue weighted by Crippen LogP contribution is 1.91. The highest BCUT2D eigenvalue weighted by atomic mass is 32.1. The molecule has 2 nitrogen and oxygen atoms in total. The van der Waals surface area contributed by atoms with Gasteiger partial charge in [0.1, 0.15) is 6.23 Å². The quantitative estimate of drug-likeness (QED) is 0.305. The van der Waals surface area contributed by atoms with E-state index in [0.29, 0.717) is 6.54 Å². The first-order chi connectivity index (χ1) is 4.18. The molecule has 2 N–H and O–H groups in total. The summed E-state index contributed by atoms with van der Waals surface area (Å²) < 4.78 is 0. The van der Waals surface area contributed by atoms with Gasteiger partial charge >= 0.3 is 0 Å². The van der Waals surface area contributed by atoms with Crippen LogP contribution in [-0.2, 0) is 0 Å². The zero-order valence-corrected chi connectivity index (χ0v) is 6.49. The molecule has 0 aromatic rings. The maximum atomic E-state index is 9.01. The molecule has 1 unspecified atom stereocenters. The van der Waals surface area contributed by atoms with Gasteiger partial charge in [0, 0.05) is 12.3 Å². The summed E-state index contributed by atoms with van der Waals surface area (Å²) in [5.41, 5.74) is 0.733. The molecule has 0 aromatic heterocycles. The summed E-state index contributed by atoms with van der Waals surface area (Å²) in [6.07, 6.45) is -0.572. The first-order valence-electron chi connectivity index (χ1n) is 2.86. The fourth-order valence-electron chi connectivity index (χ4n) is 0.375. The maximum absolute atomic E-state index is 9.01. The molecule has 0 saturated heterocycles. The van der Waals surface area contributed by atoms with Crippen molar-refractivity contribution in [2.24, 2.45) is 0 Å². The molecule has 0 fully saturated rings. The van der Waals surface area contributed by atoms with Gasteiger partial charge < -0.3 is 5.11 Å². The first-order valence-corrected chi connectivity index (χ1v) is 3.49. The monoisotopic (exact) mass is 147 g/mol. The maximum Gasteiger partial charge on any atom is 0.126 e. The molecule has 54 valence electrons. The lowest BCUT2D eigenvalue weighted by Crippen LogP contribution is -2.30. The number of aliphatic hydroxyl groups excluding tert-OH is 1. The molecule has 0 rings (SSSR count). The minimum atomic E-state index is -0.572. The minimum Gasteiger partial charge on any atom is -0.375 e. The van der Waals surface area contributed by atoms with Crippen LogP contribution in [0.4, 0.5) is 0 Å². The van der Waals surface area contributed by atoms with Gasteiger partial charge in [-0.15, -0.1) is 0 Å². The van der Waals surface area contributed by atoms with Crippen LogP contribution in [0.15, 0.2) is 12.2 Å². The van der Waals surface area contributed by atoms with Crippen molar-refractivity contribution in [1.29, 1.82) is 0 Å². The number of hydrogen-bond donors (Lipinski definition) is 3. The van der Waals surface area contributed by atoms with Gasteiger partial charge in [-0.25, -0.2) is 0 Å². The number of aliphatic hydroxyl groups is 1. The minimum absolute atomic E-state index is 0.572. The average Bonchev–Trinajstić information content (AvgIpc) is 1.82. The second kappa shape index (κ2) is 4.85. The third-order valence-electron chi connectivity index (χ3n) is 0.916. The van der Waals surface area contributed by atoms with E-state index in [9.17, 15) is 0 Å². The van der Waals surface area contributed by atoms with E-state index in [2.05, 4.69) is 24.5 Å². The van der Waals surface area contributed by atoms with Crippen LogP contribution in [0, 0.1) is 0 Å². The Bertz CT molecular complexity index is 95.1. The van der Waals surface area contributed by atoms with E-state index in [1.807, 2.05) is 0 Å². The van der Waals surface area contributed by atoms with E-state index < -0.39 is 6.23 Å². The van der Waals surface area contributed by atoms with Gasteiger partial charge in [-0.1, -0.05) is 6.58 Å². The lowest BCUT2D eigenvalue weighted by atomic mass is 10.3. The lowest BCUT2D eigenvalue weighted by Gasteiger charge is -2.10. The van der Waals surface area contributed by atoms with Gasteiger partial charge in [0.05, 0.1) is 0 Å². The third kappa shape index (κ3) is 4.51. The molecule has 0 radical (unpaired) electrons. The molecule has 0 heterocycles. The Labute approximate surface area is 61.4 Å². The van der Waals surface area contributed by atoms with E-state index in [1.54, 1.807) is 6.92 Å². The van der Waals surface area contributed by atoms with E-state index in [0.717, 1.165) is 11.3 Å². The van der Waals surface area contributed by atoms with Crippen LogP contribution in [-0.4, -0.2) is 23.6 Å². The van der Waals surface area contributed by atoms with Crippen LogP contribution >= 0.6 is 12.6 Å². The van der Waals surface area contributed by atoms with E-state index in [-0.39, 0.29) is 0 Å². The van der Waals surface area contributed by atoms with E-state index >= 15 is 0 Å². The summed E-state index contributed by atoms with van der Waals surface area (Å²) >= 11 is 3.96. The Morgan fingerprint density at radius 1 is 1.89 bits per heavy atom. The van der Waals surface area contributed by atoms with Gasteiger partial charge in [-0.2, -0.15) is 12.6 Å². The molecule has 0 aromatic carbocycles. The summed E-state index contributed by atoms with van der Waals surface area (Å²) in [7, 11) is 0. The first kappa shape index (κ1) is 9.01. The van der Waals surface area contributed by atoms with Crippen LogP contribution in [0.25, 0.3) is 0 Å². The topological polar surface area (TPSA) is 32.3 Å². The molecule has 0 aliphatic heterocycles. The Balaban J connectivity index is 3.27. The van der Waals surface area contributed by atoms with Crippen molar-refractivity contribution in [3.05, 3.63) is 12.2 Å². The molecular weight excluding hydrogens is 134 g/mol. The fourth-order valence-corrected chi connectivity index (χ4v) is 0.505. The predicted molar refractivity (Wildman–Crippen MR) is 42.7 cm³/mol. The van der Waals surface area contributed by atoms with Crippen LogP contribution < -0.4 is 5.32 Å². The van der Waals surface area contributed by atoms with Crippen LogP contribution in [0.1, 0.15) is 6.92 Å². The highest BCUT2D eigenvalue weighted by Gasteiger charge is 1.99. The molecule has 0 aliphatic rings. The fraction of sp³-hybridized carbons (Fsp3) is 0.667. The Morgan fingerprint density at radius 2 is 2.44 bits per heavy atom. The Hall–Kier alpha value is 0.0100. The number of nitrogens with one attached hydrogen (secondary N) is 1. The zero-order chi connectivity index (χ0) is 7.28. The largest absolute Gasteiger partial charge is 0.375 e. The average molecular weight is 147 g/mol. The molecule has 3 heteroatoms. The molecule has 0 amide bonds. The Kier molecular flexibility index (Phi) is 4.85. The zero-order valence-electron chi connectivity index (χ0n) is 5.59. The van der Waals surface area contributed by atoms with Gasteiger partial charge in [-0.3, -0.25) is 5.32 Å². The summed E-state index contributed by atoms with van der Waals surface area (Å²) in [5.74, 6) is 0.727. The van der Waals surface area contributed by atoms with Crippen molar-refractivity contribution < 1.29 is 5.11 Å². The van der Waals surface area contributed by atoms with E-state index in [1.165, 1.54) is 0 Å². The third-order valence-corrected chi connectivity index (χ3v) is 1.14. The standard InChI is InChI=1S/C6H13NOS/c1-5(2)6(8)7-3-4-9/h6-9H,1,3-4H2,2H3. The second-order valence-electron chi connectivity index (χ2n) is 1.93. The molecule has 0 bridgehead atoms. The Morgan fingerprint density at radius 3 is 2.78 bits per heavy atom. The van der Waals surface area contributed by atoms with E-state index in [4.69, 9.17) is 5.11 Å². The summed E-state index contributed by atoms with van der Waals surface area (Å²) in [5, 5.41) is 11.8. The molecular formula is C6H13NOS. The van der Waals surface area contributed by atoms with Crippen molar-refractivity contribution in [2.75, 3.05) is 12.3 Å². The van der Waals surface area contributed by atoms with Crippen molar-refractivity contribution in [1.82, 2.24) is 5.32 Å². The number of rotatable bonds is 4. The van der Waals surface area contributed by atoms with Crippen LogP contribution in [0.2, 0.25) is 0 Å². The molecule has 0 spiro atoms. The van der Waals surface area contributed by atoms with Gasteiger partial charge in [0.25, 0.3) is 0 Å². The molecule has 1 atom stereocenters. The smallest absolute Gasteiger partial charge is 0.126 e. The van der Waals surface area contributed by atoms with Gasteiger partial charge in [0.15, 0.2) is 0 Å². The summed E-state index contributed by atoms with van der Waals surface area (Å²) in [6.45, 7) is 6.05. The summed E-state index contributed by atoms with van der Waals surface area (Å²) in [6, 6.07) is 0. The van der Waals surface area contributed by atoms with Crippen molar-refractivity contribution in [3.63, 3.8) is 0 Å². The van der Waals surface area contributed by atoms with Crippen molar-refractivity contribution >= 4 is 12.6 Å². The van der Waals surface area contributed by atoms with Gasteiger partial charge in [-0.05, 0) is 12.5 Å². The predicted octanol–water partition coefficient (Wildman–Crippen LogP) is 0.400. The van der Waals surface area contributed by atoms with Crippen molar-refractivity contribution in [2.45, 2.75) is 13.2 Å². The second-order valence-corrected chi connectivity index (χ2v) is 2.37. The lowest BCUT2D eigenvalue weighted by molar-refractivity contribution is 0.176.